The monoisotopic (exact) mass is 405 g/mol. The summed E-state index contributed by atoms with van der Waals surface area (Å²) >= 11 is 8.72. The van der Waals surface area contributed by atoms with Crippen molar-refractivity contribution in [3.63, 3.8) is 0 Å². The summed E-state index contributed by atoms with van der Waals surface area (Å²) in [6, 6.07) is 11.0. The second-order valence-corrected chi connectivity index (χ2v) is 7.67. The molecule has 0 saturated heterocycles. The zero-order chi connectivity index (χ0) is 18.5. The van der Waals surface area contributed by atoms with Crippen LogP contribution in [0.3, 0.4) is 0 Å². The van der Waals surface area contributed by atoms with Crippen LogP contribution < -0.4 is 5.32 Å². The highest BCUT2D eigenvalue weighted by Gasteiger charge is 2.23. The van der Waals surface area contributed by atoms with Crippen LogP contribution in [0, 0.1) is 0 Å². The van der Waals surface area contributed by atoms with Gasteiger partial charge in [-0.25, -0.2) is 4.79 Å². The molecule has 1 amide bonds. The second kappa shape index (κ2) is 8.49. The summed E-state index contributed by atoms with van der Waals surface area (Å²) in [4.78, 5) is 25.8. The van der Waals surface area contributed by atoms with Crippen LogP contribution in [0.2, 0.25) is 5.02 Å². The molecule has 134 valence electrons. The van der Waals surface area contributed by atoms with E-state index in [0.717, 1.165) is 16.0 Å². The van der Waals surface area contributed by atoms with Gasteiger partial charge in [0.25, 0.3) is 0 Å². The molecule has 2 aromatic heterocycles. The van der Waals surface area contributed by atoms with E-state index in [4.69, 9.17) is 16.3 Å². The Kier molecular flexibility index (Phi) is 6.08. The predicted molar refractivity (Wildman–Crippen MR) is 107 cm³/mol. The lowest BCUT2D eigenvalue weighted by Crippen LogP contribution is -2.16. The molecule has 1 N–H and O–H groups in total. The zero-order valence-corrected chi connectivity index (χ0v) is 16.3. The number of benzene rings is 1. The van der Waals surface area contributed by atoms with Gasteiger partial charge in [-0.2, -0.15) is 0 Å². The van der Waals surface area contributed by atoms with Gasteiger partial charge in [0.1, 0.15) is 10.6 Å². The first-order valence-electron chi connectivity index (χ1n) is 7.95. The molecule has 7 heteroatoms. The van der Waals surface area contributed by atoms with Crippen LogP contribution in [0.5, 0.6) is 0 Å². The quantitative estimate of drug-likeness (QED) is 0.552. The molecule has 3 rings (SSSR count). The van der Waals surface area contributed by atoms with Gasteiger partial charge in [0.05, 0.1) is 13.0 Å². The fraction of sp³-hybridized carbons (Fsp3) is 0.158. The van der Waals surface area contributed by atoms with Gasteiger partial charge >= 0.3 is 5.97 Å². The Morgan fingerprint density at radius 3 is 2.58 bits per heavy atom. The molecule has 0 unspecified atom stereocenters. The molecular weight excluding hydrogens is 390 g/mol. The van der Waals surface area contributed by atoms with Crippen molar-refractivity contribution in [3.8, 4) is 10.4 Å². The third-order valence-electron chi connectivity index (χ3n) is 3.59. The van der Waals surface area contributed by atoms with E-state index in [-0.39, 0.29) is 18.9 Å². The maximum absolute atomic E-state index is 12.4. The number of nitrogens with one attached hydrogen (secondary N) is 1. The van der Waals surface area contributed by atoms with Gasteiger partial charge in [0.15, 0.2) is 0 Å². The Morgan fingerprint density at radius 2 is 1.92 bits per heavy atom. The molecule has 0 fully saturated rings. The van der Waals surface area contributed by atoms with Crippen molar-refractivity contribution in [1.82, 2.24) is 0 Å². The Labute approximate surface area is 164 Å². The lowest BCUT2D eigenvalue weighted by atomic mass is 10.1. The molecule has 0 aliphatic carbocycles. The van der Waals surface area contributed by atoms with Crippen molar-refractivity contribution >= 4 is 51.2 Å². The van der Waals surface area contributed by atoms with Crippen LogP contribution in [0.25, 0.3) is 10.4 Å². The minimum absolute atomic E-state index is 0.197. The molecule has 0 saturated carbocycles. The fourth-order valence-corrected chi connectivity index (χ4v) is 4.34. The van der Waals surface area contributed by atoms with Crippen molar-refractivity contribution in [2.24, 2.45) is 0 Å². The first-order chi connectivity index (χ1) is 12.6. The molecule has 26 heavy (non-hydrogen) atoms. The largest absolute Gasteiger partial charge is 0.462 e. The van der Waals surface area contributed by atoms with Gasteiger partial charge in [-0.3, -0.25) is 4.79 Å². The number of hydrogen-bond donors (Lipinski definition) is 1. The van der Waals surface area contributed by atoms with Crippen molar-refractivity contribution in [2.75, 3.05) is 11.9 Å². The zero-order valence-electron chi connectivity index (χ0n) is 14.0. The highest BCUT2D eigenvalue weighted by atomic mass is 35.5. The fourth-order valence-electron chi connectivity index (χ4n) is 2.43. The van der Waals surface area contributed by atoms with Gasteiger partial charge in [0, 0.05) is 20.8 Å². The van der Waals surface area contributed by atoms with E-state index in [1.54, 1.807) is 31.2 Å². The van der Waals surface area contributed by atoms with Crippen molar-refractivity contribution in [2.45, 2.75) is 13.3 Å². The highest BCUT2D eigenvalue weighted by Crippen LogP contribution is 2.38. The van der Waals surface area contributed by atoms with Gasteiger partial charge in [-0.1, -0.05) is 29.8 Å². The number of ether oxygens (including phenoxy) is 1. The minimum atomic E-state index is -0.432. The average molecular weight is 406 g/mol. The Bertz CT molecular complexity index is 902. The van der Waals surface area contributed by atoms with E-state index < -0.39 is 5.97 Å². The minimum Gasteiger partial charge on any atom is -0.462 e. The van der Waals surface area contributed by atoms with Crippen LogP contribution in [-0.2, 0) is 16.0 Å². The molecule has 2 heterocycles. The van der Waals surface area contributed by atoms with Crippen LogP contribution in [0.4, 0.5) is 5.00 Å². The number of carbonyl (C=O) groups is 2. The third kappa shape index (κ3) is 4.33. The summed E-state index contributed by atoms with van der Waals surface area (Å²) in [6.45, 7) is 2.03. The van der Waals surface area contributed by atoms with E-state index in [9.17, 15) is 9.59 Å². The van der Waals surface area contributed by atoms with E-state index in [1.807, 2.05) is 22.9 Å². The van der Waals surface area contributed by atoms with Crippen molar-refractivity contribution in [1.29, 1.82) is 0 Å². The predicted octanol–water partition coefficient (Wildman–Crippen LogP) is 5.49. The third-order valence-corrected chi connectivity index (χ3v) is 5.64. The number of rotatable bonds is 6. The van der Waals surface area contributed by atoms with Crippen LogP contribution in [0.15, 0.2) is 47.2 Å². The molecule has 0 spiro atoms. The molecular formula is C19H16ClNO3S2. The van der Waals surface area contributed by atoms with E-state index in [1.165, 1.54) is 22.7 Å². The molecule has 0 atom stereocenters. The van der Waals surface area contributed by atoms with Gasteiger partial charge in [-0.15, -0.1) is 22.7 Å². The topological polar surface area (TPSA) is 55.4 Å². The number of thiophene rings is 2. The maximum atomic E-state index is 12.4. The number of halogens is 1. The SMILES string of the molecule is CCOC(=O)c1c(-c2cccs2)csc1NC(=O)Cc1ccc(Cl)cc1. The number of hydrogen-bond acceptors (Lipinski definition) is 5. The summed E-state index contributed by atoms with van der Waals surface area (Å²) in [5.74, 6) is -0.628. The molecule has 3 aromatic rings. The summed E-state index contributed by atoms with van der Waals surface area (Å²) in [6.07, 6.45) is 0.200. The average Bonchev–Trinajstić information content (AvgIpc) is 3.26. The van der Waals surface area contributed by atoms with Crippen molar-refractivity contribution < 1.29 is 14.3 Å². The molecule has 0 bridgehead atoms. The van der Waals surface area contributed by atoms with Gasteiger partial charge in [-0.05, 0) is 36.1 Å². The summed E-state index contributed by atoms with van der Waals surface area (Å²) in [5.41, 5.74) is 2.04. The van der Waals surface area contributed by atoms with Crippen LogP contribution in [-0.4, -0.2) is 18.5 Å². The molecule has 1 aromatic carbocycles. The molecule has 4 nitrogen and oxygen atoms in total. The number of carbonyl (C=O) groups excluding carboxylic acids is 2. The standard InChI is InChI=1S/C19H16ClNO3S2/c1-2-24-19(23)17-14(15-4-3-9-25-15)11-26-18(17)21-16(22)10-12-5-7-13(20)8-6-12/h3-9,11H,2,10H2,1H3,(H,21,22). The van der Waals surface area contributed by atoms with Crippen molar-refractivity contribution in [3.05, 3.63) is 63.3 Å². The number of esters is 1. The Morgan fingerprint density at radius 1 is 1.15 bits per heavy atom. The lowest BCUT2D eigenvalue weighted by Gasteiger charge is -2.08. The smallest absolute Gasteiger partial charge is 0.341 e. The second-order valence-electron chi connectivity index (χ2n) is 5.40. The first-order valence-corrected chi connectivity index (χ1v) is 10.1. The van der Waals surface area contributed by atoms with E-state index >= 15 is 0 Å². The van der Waals surface area contributed by atoms with Crippen LogP contribution in [0.1, 0.15) is 22.8 Å². The number of amides is 1. The maximum Gasteiger partial charge on any atom is 0.341 e. The highest BCUT2D eigenvalue weighted by molar-refractivity contribution is 7.17. The van der Waals surface area contributed by atoms with Gasteiger partial charge < -0.3 is 10.1 Å². The summed E-state index contributed by atoms with van der Waals surface area (Å²) < 4.78 is 5.19. The molecule has 0 radical (unpaired) electrons. The summed E-state index contributed by atoms with van der Waals surface area (Å²) in [7, 11) is 0. The van der Waals surface area contributed by atoms with E-state index in [2.05, 4.69) is 5.32 Å². The Hall–Kier alpha value is -2.15. The molecule has 0 aliphatic rings. The normalized spacial score (nSPS) is 10.5. The van der Waals surface area contributed by atoms with Gasteiger partial charge in [0.2, 0.25) is 5.91 Å². The molecule has 0 aliphatic heterocycles. The Balaban J connectivity index is 1.83. The number of anilines is 1. The van der Waals surface area contributed by atoms with Crippen LogP contribution >= 0.6 is 34.3 Å². The first kappa shape index (κ1) is 18.6. The lowest BCUT2D eigenvalue weighted by molar-refractivity contribution is -0.115. The van der Waals surface area contributed by atoms with E-state index in [0.29, 0.717) is 15.6 Å². The summed E-state index contributed by atoms with van der Waals surface area (Å²) in [5, 5.41) is 7.79.